The number of piperidine rings is 1. The first-order chi connectivity index (χ1) is 11.2. The van der Waals surface area contributed by atoms with Gasteiger partial charge in [-0.15, -0.1) is 0 Å². The van der Waals surface area contributed by atoms with Crippen LogP contribution < -0.4 is 5.32 Å². The zero-order valence-electron chi connectivity index (χ0n) is 12.9. The number of carbonyl (C=O) groups excluding carboxylic acids is 1. The second-order valence-electron chi connectivity index (χ2n) is 5.83. The number of aliphatic carboxylic acids is 1. The number of urea groups is 1. The Kier molecular flexibility index (Phi) is 5.25. The van der Waals surface area contributed by atoms with Crippen LogP contribution in [0.25, 0.3) is 0 Å². The molecule has 1 aliphatic heterocycles. The van der Waals surface area contributed by atoms with Gasteiger partial charge in [0.05, 0.1) is 18.0 Å². The van der Waals surface area contributed by atoms with Gasteiger partial charge in [0, 0.05) is 25.5 Å². The molecule has 1 saturated heterocycles. The van der Waals surface area contributed by atoms with Crippen LogP contribution in [0.3, 0.4) is 0 Å². The molecule has 0 bridgehead atoms. The summed E-state index contributed by atoms with van der Waals surface area (Å²) in [4.78, 5) is 31.7. The van der Waals surface area contributed by atoms with Crippen LogP contribution >= 0.6 is 0 Å². The van der Waals surface area contributed by atoms with Crippen molar-refractivity contribution in [2.24, 2.45) is 11.8 Å². The number of amides is 2. The largest absolute Gasteiger partial charge is 0.481 e. The number of hydrogen-bond donors (Lipinski definition) is 2. The molecule has 0 aliphatic carbocycles. The van der Waals surface area contributed by atoms with Gasteiger partial charge in [0.2, 0.25) is 0 Å². The van der Waals surface area contributed by atoms with Gasteiger partial charge in [-0.3, -0.25) is 4.79 Å². The highest BCUT2D eigenvalue weighted by molar-refractivity contribution is 5.76. The average Bonchev–Trinajstić information content (AvgIpc) is 2.51. The van der Waals surface area contributed by atoms with E-state index in [1.165, 1.54) is 4.90 Å². The maximum atomic E-state index is 12.4. The first kappa shape index (κ1) is 18.0. The Morgan fingerprint density at radius 1 is 1.33 bits per heavy atom. The van der Waals surface area contributed by atoms with E-state index in [1.807, 2.05) is 6.92 Å². The van der Waals surface area contributed by atoms with E-state index >= 15 is 0 Å². The van der Waals surface area contributed by atoms with E-state index in [0.29, 0.717) is 25.4 Å². The Balaban J connectivity index is 1.91. The predicted octanol–water partition coefficient (Wildman–Crippen LogP) is 1.75. The van der Waals surface area contributed by atoms with Crippen LogP contribution in [0.2, 0.25) is 0 Å². The van der Waals surface area contributed by atoms with Crippen LogP contribution in [-0.2, 0) is 17.5 Å². The third-order valence-electron chi connectivity index (χ3n) is 3.73. The molecule has 1 aliphatic rings. The fourth-order valence-electron chi connectivity index (χ4n) is 2.56. The Hall–Kier alpha value is -2.39. The van der Waals surface area contributed by atoms with Crippen molar-refractivity contribution in [3.63, 3.8) is 0 Å². The molecule has 0 aromatic carbocycles. The Labute approximate surface area is 135 Å². The Bertz CT molecular complexity index is 606. The lowest BCUT2D eigenvalue weighted by atomic mass is 9.91. The highest BCUT2D eigenvalue weighted by Crippen LogP contribution is 2.27. The van der Waals surface area contributed by atoms with Gasteiger partial charge >= 0.3 is 18.2 Å². The summed E-state index contributed by atoms with van der Waals surface area (Å²) in [6, 6.07) is -0.490. The molecule has 1 aromatic rings. The summed E-state index contributed by atoms with van der Waals surface area (Å²) in [6.07, 6.45) is -2.71. The molecule has 2 heterocycles. The average molecular weight is 346 g/mol. The fraction of sp³-hybridized carbons (Fsp3) is 0.571. The summed E-state index contributed by atoms with van der Waals surface area (Å²) in [6.45, 7) is 2.23. The third kappa shape index (κ3) is 4.56. The number of hydrogen-bond acceptors (Lipinski definition) is 4. The minimum atomic E-state index is -4.52. The van der Waals surface area contributed by atoms with Gasteiger partial charge in [-0.2, -0.15) is 13.2 Å². The van der Waals surface area contributed by atoms with E-state index in [9.17, 15) is 22.8 Å². The molecule has 132 valence electrons. The number of likely N-dealkylation sites (tertiary alicyclic amines) is 1. The van der Waals surface area contributed by atoms with Gasteiger partial charge in [-0.05, 0) is 12.3 Å². The number of rotatable bonds is 3. The molecule has 2 N–H and O–H groups in total. The number of halogens is 3. The van der Waals surface area contributed by atoms with Gasteiger partial charge < -0.3 is 15.3 Å². The number of aromatic nitrogens is 2. The number of nitrogens with zero attached hydrogens (tertiary/aromatic N) is 3. The van der Waals surface area contributed by atoms with Crippen molar-refractivity contribution in [2.45, 2.75) is 26.1 Å². The zero-order valence-corrected chi connectivity index (χ0v) is 12.9. The lowest BCUT2D eigenvalue weighted by Crippen LogP contribution is -2.49. The van der Waals surface area contributed by atoms with Crippen molar-refractivity contribution < 1.29 is 27.9 Å². The molecular weight excluding hydrogens is 329 g/mol. The van der Waals surface area contributed by atoms with Gasteiger partial charge in [0.15, 0.2) is 0 Å². The minimum absolute atomic E-state index is 0.0381. The second kappa shape index (κ2) is 7.02. The van der Waals surface area contributed by atoms with Crippen molar-refractivity contribution in [1.82, 2.24) is 20.2 Å². The molecule has 7 nitrogen and oxygen atoms in total. The highest BCUT2D eigenvalue weighted by Gasteiger charge is 2.32. The topological polar surface area (TPSA) is 95.4 Å². The summed E-state index contributed by atoms with van der Waals surface area (Å²) in [7, 11) is 0. The van der Waals surface area contributed by atoms with Crippen LogP contribution in [0.15, 0.2) is 12.4 Å². The molecule has 24 heavy (non-hydrogen) atoms. The molecule has 1 fully saturated rings. The van der Waals surface area contributed by atoms with Crippen LogP contribution in [0.4, 0.5) is 18.0 Å². The maximum Gasteiger partial charge on any atom is 0.419 e. The summed E-state index contributed by atoms with van der Waals surface area (Å²) in [5.41, 5.74) is -0.966. The normalized spacial score (nSPS) is 21.4. The molecule has 2 amide bonds. The molecule has 2 atom stereocenters. The van der Waals surface area contributed by atoms with Crippen molar-refractivity contribution in [3.05, 3.63) is 23.8 Å². The van der Waals surface area contributed by atoms with E-state index < -0.39 is 29.7 Å². The van der Waals surface area contributed by atoms with Crippen LogP contribution in [0.5, 0.6) is 0 Å². The van der Waals surface area contributed by atoms with Gasteiger partial charge in [0.1, 0.15) is 5.82 Å². The fourth-order valence-corrected chi connectivity index (χ4v) is 2.56. The molecule has 0 radical (unpaired) electrons. The SMILES string of the molecule is CC1CC(C(=O)O)CN(C(=O)NCc2ncc(C(F)(F)F)cn2)C1. The van der Waals surface area contributed by atoms with Gasteiger partial charge in [-0.1, -0.05) is 6.92 Å². The molecule has 1 aromatic heterocycles. The number of alkyl halides is 3. The summed E-state index contributed by atoms with van der Waals surface area (Å²) in [5.74, 6) is -1.49. The minimum Gasteiger partial charge on any atom is -0.481 e. The lowest BCUT2D eigenvalue weighted by molar-refractivity contribution is -0.143. The van der Waals surface area contributed by atoms with Crippen molar-refractivity contribution in [1.29, 1.82) is 0 Å². The van der Waals surface area contributed by atoms with E-state index in [4.69, 9.17) is 5.11 Å². The molecular formula is C14H17F3N4O3. The van der Waals surface area contributed by atoms with Crippen LogP contribution in [-0.4, -0.2) is 45.1 Å². The molecule has 10 heteroatoms. The monoisotopic (exact) mass is 346 g/mol. The molecule has 0 spiro atoms. The number of carboxylic acid groups (broad SMARTS) is 1. The molecule has 2 rings (SSSR count). The first-order valence-electron chi connectivity index (χ1n) is 7.30. The summed E-state index contributed by atoms with van der Waals surface area (Å²) < 4.78 is 37.2. The quantitative estimate of drug-likeness (QED) is 0.869. The smallest absolute Gasteiger partial charge is 0.419 e. The molecule has 0 saturated carbocycles. The van der Waals surface area contributed by atoms with Crippen LogP contribution in [0.1, 0.15) is 24.7 Å². The first-order valence-corrected chi connectivity index (χ1v) is 7.30. The van der Waals surface area contributed by atoms with Crippen molar-refractivity contribution in [2.75, 3.05) is 13.1 Å². The van der Waals surface area contributed by atoms with E-state index in [0.717, 1.165) is 0 Å². The van der Waals surface area contributed by atoms with Crippen LogP contribution in [0, 0.1) is 11.8 Å². The lowest BCUT2D eigenvalue weighted by Gasteiger charge is -2.34. The summed E-state index contributed by atoms with van der Waals surface area (Å²) >= 11 is 0. The third-order valence-corrected chi connectivity index (χ3v) is 3.73. The number of nitrogens with one attached hydrogen (secondary N) is 1. The van der Waals surface area contributed by atoms with Gasteiger partial charge in [-0.25, -0.2) is 14.8 Å². The van der Waals surface area contributed by atoms with Gasteiger partial charge in [0.25, 0.3) is 0 Å². The highest BCUT2D eigenvalue weighted by atomic mass is 19.4. The molecule has 2 unspecified atom stereocenters. The van der Waals surface area contributed by atoms with E-state index in [-0.39, 0.29) is 24.8 Å². The Morgan fingerprint density at radius 3 is 2.50 bits per heavy atom. The number of carbonyl (C=O) groups is 2. The van der Waals surface area contributed by atoms with Crippen molar-refractivity contribution in [3.8, 4) is 0 Å². The predicted molar refractivity (Wildman–Crippen MR) is 75.7 cm³/mol. The Morgan fingerprint density at radius 2 is 1.96 bits per heavy atom. The standard InChI is InChI=1S/C14H17F3N4O3/c1-8-2-9(12(22)23)7-21(6-8)13(24)20-5-11-18-3-10(4-19-11)14(15,16)17/h3-4,8-9H,2,5-7H2,1H3,(H,20,24)(H,22,23). The number of carboxylic acids is 1. The summed E-state index contributed by atoms with van der Waals surface area (Å²) in [5, 5.41) is 11.6. The van der Waals surface area contributed by atoms with Crippen molar-refractivity contribution >= 4 is 12.0 Å². The van der Waals surface area contributed by atoms with E-state index in [1.54, 1.807) is 0 Å². The maximum absolute atomic E-state index is 12.4. The van der Waals surface area contributed by atoms with E-state index in [2.05, 4.69) is 15.3 Å². The zero-order chi connectivity index (χ0) is 17.9. The second-order valence-corrected chi connectivity index (χ2v) is 5.83.